The van der Waals surface area contributed by atoms with E-state index in [0.29, 0.717) is 49.8 Å². The van der Waals surface area contributed by atoms with E-state index in [-0.39, 0.29) is 0 Å². The van der Waals surface area contributed by atoms with E-state index in [0.717, 1.165) is 37.6 Å². The number of rotatable bonds is 7. The number of aryl methyl sites for hydroxylation is 1. The number of methoxy groups -OCH3 is 1. The first-order valence-corrected chi connectivity index (χ1v) is 17.1. The Kier molecular flexibility index (Phi) is 10.7. The lowest BCUT2D eigenvalue weighted by molar-refractivity contribution is -0.192. The number of hydrogen-bond acceptors (Lipinski definition) is 12. The number of ether oxygens (including phenoxy) is 1. The zero-order valence-electron chi connectivity index (χ0n) is 25.6. The summed E-state index contributed by atoms with van der Waals surface area (Å²) in [6, 6.07) is 5.70. The fourth-order valence-electron chi connectivity index (χ4n) is 4.60. The Bertz CT molecular complexity index is 1780. The van der Waals surface area contributed by atoms with E-state index in [4.69, 9.17) is 19.6 Å². The first-order chi connectivity index (χ1) is 21.6. The molecule has 1 aromatic carbocycles. The van der Waals surface area contributed by atoms with Crippen molar-refractivity contribution < 1.29 is 32.4 Å². The van der Waals surface area contributed by atoms with E-state index >= 15 is 0 Å². The van der Waals surface area contributed by atoms with Gasteiger partial charge in [0.1, 0.15) is 30.0 Å². The van der Waals surface area contributed by atoms with Crippen LogP contribution in [-0.2, 0) is 9.36 Å². The molecule has 4 heterocycles. The number of aliphatic carboxylic acids is 1. The molecule has 1 fully saturated rings. The number of alkyl halides is 3. The number of carbonyl (C=O) groups is 1. The molecule has 5 rings (SSSR count). The number of fused-ring (bicyclic) bond motifs is 1. The smallest absolute Gasteiger partial charge is 0.479 e. The number of aromatic nitrogens is 5. The highest BCUT2D eigenvalue weighted by atomic mass is 79.9. The number of likely N-dealkylation sites (N-methyl/N-ethyl adjacent to an activating group) is 1. The van der Waals surface area contributed by atoms with Gasteiger partial charge in [-0.05, 0) is 67.0 Å². The molecule has 0 atom stereocenters. The van der Waals surface area contributed by atoms with Crippen molar-refractivity contribution in [3.63, 3.8) is 0 Å². The Morgan fingerprint density at radius 2 is 1.70 bits per heavy atom. The Labute approximate surface area is 271 Å². The van der Waals surface area contributed by atoms with Gasteiger partial charge < -0.3 is 34.8 Å². The van der Waals surface area contributed by atoms with E-state index in [1.54, 1.807) is 39.0 Å². The van der Waals surface area contributed by atoms with Crippen molar-refractivity contribution in [2.45, 2.75) is 13.1 Å². The second-order valence-electron chi connectivity index (χ2n) is 10.7. The number of carboxylic acid groups (broad SMARTS) is 1. The molecule has 1 aliphatic rings. The summed E-state index contributed by atoms with van der Waals surface area (Å²) in [5, 5.41) is 14.3. The van der Waals surface area contributed by atoms with Gasteiger partial charge in [0.05, 0.1) is 28.1 Å². The minimum atomic E-state index is -5.08. The van der Waals surface area contributed by atoms with E-state index in [2.05, 4.69) is 63.3 Å². The summed E-state index contributed by atoms with van der Waals surface area (Å²) in [4.78, 5) is 36.2. The molecule has 0 bridgehead atoms. The van der Waals surface area contributed by atoms with Gasteiger partial charge in [0.2, 0.25) is 11.8 Å². The number of anilines is 5. The quantitative estimate of drug-likeness (QED) is 0.219. The predicted molar refractivity (Wildman–Crippen MR) is 174 cm³/mol. The second kappa shape index (κ2) is 14.1. The molecule has 246 valence electrons. The van der Waals surface area contributed by atoms with Crippen LogP contribution in [0.2, 0.25) is 0 Å². The molecular weight excluding hydrogens is 694 g/mol. The second-order valence-corrected chi connectivity index (χ2v) is 14.7. The Balaban J connectivity index is 0.000000617. The lowest BCUT2D eigenvalue weighted by Crippen LogP contribution is -2.45. The van der Waals surface area contributed by atoms with Crippen molar-refractivity contribution in [2.24, 2.45) is 0 Å². The standard InChI is InChI=1S/C26H31BrN9O2P.C2HF3O2/c1-16-14-20(25(38-3)34-24(16)36-12-10-35(2)11-13-36)32-26-30-15-17(27)23(33-26)31-19-7-6-18-21(29-9-8-28-18)22(19)39(4,5)37;3-2(4,5)1(6)7/h6-9,14-15H,10-13H2,1-5H3,(H2,30,31,32,33);(H,6,7). The number of hydrogen-bond donors (Lipinski definition) is 3. The van der Waals surface area contributed by atoms with Crippen LogP contribution < -0.4 is 25.6 Å². The Hall–Kier alpha value is -4.08. The number of nitrogens with zero attached hydrogens (tertiary/aromatic N) is 7. The molecule has 18 heteroatoms. The van der Waals surface area contributed by atoms with Gasteiger partial charge in [-0.2, -0.15) is 23.1 Å². The molecule has 0 radical (unpaired) electrons. The summed E-state index contributed by atoms with van der Waals surface area (Å²) >= 11 is 3.54. The highest BCUT2D eigenvalue weighted by Crippen LogP contribution is 2.41. The maximum absolute atomic E-state index is 13.3. The number of piperazine rings is 1. The van der Waals surface area contributed by atoms with Gasteiger partial charge in [0, 0.05) is 44.8 Å². The molecule has 4 aromatic rings. The van der Waals surface area contributed by atoms with Crippen LogP contribution in [0.1, 0.15) is 5.56 Å². The lowest BCUT2D eigenvalue weighted by atomic mass is 10.2. The molecular formula is C28H32BrF3N9O4P. The number of halogens is 4. The minimum absolute atomic E-state index is 0.353. The molecule has 46 heavy (non-hydrogen) atoms. The van der Waals surface area contributed by atoms with Crippen LogP contribution in [0.15, 0.2) is 41.3 Å². The van der Waals surface area contributed by atoms with Crippen LogP contribution in [0, 0.1) is 6.92 Å². The largest absolute Gasteiger partial charge is 0.490 e. The molecule has 1 saturated heterocycles. The SMILES string of the molecule is COc1nc(N2CCN(C)CC2)c(C)cc1Nc1ncc(Br)c(Nc2ccc3nccnc3c2P(C)(C)=O)n1.O=C(O)C(F)(F)F. The first-order valence-electron chi connectivity index (χ1n) is 13.7. The number of nitrogens with one attached hydrogen (secondary N) is 2. The summed E-state index contributed by atoms with van der Waals surface area (Å²) in [5.74, 6) is -0.523. The Morgan fingerprint density at radius 1 is 1.04 bits per heavy atom. The highest BCUT2D eigenvalue weighted by molar-refractivity contribution is 9.10. The first kappa shape index (κ1) is 34.8. The summed E-state index contributed by atoms with van der Waals surface area (Å²) < 4.78 is 51.3. The monoisotopic (exact) mass is 725 g/mol. The highest BCUT2D eigenvalue weighted by Gasteiger charge is 2.38. The van der Waals surface area contributed by atoms with Crippen LogP contribution >= 0.6 is 23.1 Å². The van der Waals surface area contributed by atoms with Gasteiger partial charge in [0.25, 0.3) is 0 Å². The van der Waals surface area contributed by atoms with Crippen LogP contribution in [0.5, 0.6) is 5.88 Å². The molecule has 0 amide bonds. The van der Waals surface area contributed by atoms with Gasteiger partial charge in [0.15, 0.2) is 0 Å². The average Bonchev–Trinajstić information content (AvgIpc) is 2.98. The third-order valence-electron chi connectivity index (χ3n) is 6.79. The molecule has 1 aliphatic heterocycles. The summed E-state index contributed by atoms with van der Waals surface area (Å²) in [5.41, 5.74) is 3.62. The van der Waals surface area contributed by atoms with Crippen molar-refractivity contribution in [1.82, 2.24) is 29.8 Å². The average molecular weight is 726 g/mol. The topological polar surface area (TPSA) is 159 Å². The summed E-state index contributed by atoms with van der Waals surface area (Å²) in [6.07, 6.45) is -0.204. The van der Waals surface area contributed by atoms with E-state index < -0.39 is 19.3 Å². The lowest BCUT2D eigenvalue weighted by Gasteiger charge is -2.34. The van der Waals surface area contributed by atoms with Gasteiger partial charge in [-0.1, -0.05) is 0 Å². The van der Waals surface area contributed by atoms with E-state index in [1.165, 1.54) is 0 Å². The van der Waals surface area contributed by atoms with E-state index in [9.17, 15) is 17.7 Å². The molecule has 13 nitrogen and oxygen atoms in total. The maximum atomic E-state index is 13.3. The normalized spacial score (nSPS) is 14.0. The molecule has 0 saturated carbocycles. The third-order valence-corrected chi connectivity index (χ3v) is 8.90. The molecule has 0 spiro atoms. The molecule has 3 aromatic heterocycles. The fraction of sp³-hybridized carbons (Fsp3) is 0.357. The number of pyridine rings is 1. The molecule has 0 unspecified atom stereocenters. The van der Waals surface area contributed by atoms with E-state index in [1.807, 2.05) is 25.1 Å². The van der Waals surface area contributed by atoms with Crippen molar-refractivity contribution in [3.8, 4) is 5.88 Å². The third kappa shape index (κ3) is 8.39. The van der Waals surface area contributed by atoms with Crippen molar-refractivity contribution in [1.29, 1.82) is 0 Å². The number of carboxylic acids is 1. The van der Waals surface area contributed by atoms with Gasteiger partial charge in [-0.15, -0.1) is 0 Å². The Morgan fingerprint density at radius 3 is 2.30 bits per heavy atom. The van der Waals surface area contributed by atoms with Crippen LogP contribution in [0.4, 0.5) is 42.1 Å². The summed E-state index contributed by atoms with van der Waals surface area (Å²) in [6.45, 7) is 9.28. The van der Waals surface area contributed by atoms with Gasteiger partial charge in [-0.25, -0.2) is 9.78 Å². The zero-order valence-corrected chi connectivity index (χ0v) is 28.0. The van der Waals surface area contributed by atoms with Gasteiger partial charge >= 0.3 is 12.1 Å². The maximum Gasteiger partial charge on any atom is 0.490 e. The summed E-state index contributed by atoms with van der Waals surface area (Å²) in [7, 11) is 1.00. The van der Waals surface area contributed by atoms with Crippen molar-refractivity contribution >= 4 is 74.3 Å². The van der Waals surface area contributed by atoms with Crippen LogP contribution in [0.25, 0.3) is 11.0 Å². The van der Waals surface area contributed by atoms with Crippen molar-refractivity contribution in [2.75, 3.05) is 69.2 Å². The molecule has 0 aliphatic carbocycles. The predicted octanol–water partition coefficient (Wildman–Crippen LogP) is 5.01. The molecule has 3 N–H and O–H groups in total. The zero-order chi connectivity index (χ0) is 33.8. The fourth-order valence-corrected chi connectivity index (χ4v) is 6.28. The van der Waals surface area contributed by atoms with Crippen LogP contribution in [-0.4, -0.2) is 101 Å². The van der Waals surface area contributed by atoms with Crippen molar-refractivity contribution in [3.05, 3.63) is 46.8 Å². The van der Waals surface area contributed by atoms with Crippen LogP contribution in [0.3, 0.4) is 0 Å². The van der Waals surface area contributed by atoms with Gasteiger partial charge in [-0.3, -0.25) is 9.97 Å². The minimum Gasteiger partial charge on any atom is -0.479 e. The number of benzene rings is 1.